The minimum Gasteiger partial charge on any atom is -0.465 e. The highest BCUT2D eigenvalue weighted by atomic mass is 79.9. The SMILES string of the molecule is CCOC(=O)C(NCCCN=[N+]=[N-])c1ccc(C)cc1Br. The predicted octanol–water partition coefficient (Wildman–Crippen LogP) is 3.65. The average molecular weight is 355 g/mol. The Hall–Kier alpha value is -1.56. The molecule has 1 rings (SSSR count). The van der Waals surface area contributed by atoms with Gasteiger partial charge in [-0.05, 0) is 49.5 Å². The standard InChI is InChI=1S/C14H19BrN4O2/c1-3-21-14(20)13(17-7-4-8-18-19-16)11-6-5-10(2)9-12(11)15/h5-6,9,13,17H,3-4,7-8H2,1-2H3. The van der Waals surface area contributed by atoms with E-state index in [1.165, 1.54) is 0 Å². The number of carbonyl (C=O) groups excluding carboxylic acids is 1. The molecule has 1 aromatic carbocycles. The van der Waals surface area contributed by atoms with Crippen molar-refractivity contribution in [2.45, 2.75) is 26.3 Å². The van der Waals surface area contributed by atoms with Crippen molar-refractivity contribution < 1.29 is 9.53 Å². The van der Waals surface area contributed by atoms with Gasteiger partial charge in [0.2, 0.25) is 0 Å². The Bertz CT molecular complexity index is 530. The minimum atomic E-state index is -0.536. The first-order valence-corrected chi connectivity index (χ1v) is 7.56. The number of aryl methyl sites for hydroxylation is 1. The third kappa shape index (κ3) is 5.75. The molecule has 0 aromatic heterocycles. The quantitative estimate of drug-likeness (QED) is 0.254. The van der Waals surface area contributed by atoms with Crippen LogP contribution >= 0.6 is 15.9 Å². The van der Waals surface area contributed by atoms with E-state index in [0.29, 0.717) is 26.1 Å². The minimum absolute atomic E-state index is 0.314. The number of halogens is 1. The Morgan fingerprint density at radius 2 is 2.33 bits per heavy atom. The largest absolute Gasteiger partial charge is 0.465 e. The van der Waals surface area contributed by atoms with Gasteiger partial charge < -0.3 is 10.1 Å². The van der Waals surface area contributed by atoms with Crippen LogP contribution in [-0.2, 0) is 9.53 Å². The van der Waals surface area contributed by atoms with Gasteiger partial charge in [-0.15, -0.1) is 0 Å². The molecule has 1 atom stereocenters. The molecule has 0 bridgehead atoms. The Balaban J connectivity index is 2.81. The lowest BCUT2D eigenvalue weighted by Crippen LogP contribution is -2.31. The molecule has 21 heavy (non-hydrogen) atoms. The fourth-order valence-electron chi connectivity index (χ4n) is 1.85. The zero-order valence-corrected chi connectivity index (χ0v) is 13.8. The van der Waals surface area contributed by atoms with Gasteiger partial charge in [-0.1, -0.05) is 33.2 Å². The van der Waals surface area contributed by atoms with Crippen molar-refractivity contribution in [3.8, 4) is 0 Å². The number of benzene rings is 1. The van der Waals surface area contributed by atoms with E-state index in [9.17, 15) is 4.79 Å². The molecular formula is C14H19BrN4O2. The van der Waals surface area contributed by atoms with Gasteiger partial charge in [-0.3, -0.25) is 0 Å². The smallest absolute Gasteiger partial charge is 0.327 e. The second kappa shape index (κ2) is 9.39. The lowest BCUT2D eigenvalue weighted by atomic mass is 10.0. The average Bonchev–Trinajstić information content (AvgIpc) is 2.44. The number of esters is 1. The zero-order valence-electron chi connectivity index (χ0n) is 12.2. The van der Waals surface area contributed by atoms with E-state index in [1.807, 2.05) is 25.1 Å². The maximum atomic E-state index is 12.1. The van der Waals surface area contributed by atoms with Gasteiger partial charge in [-0.2, -0.15) is 0 Å². The molecule has 0 aliphatic heterocycles. The van der Waals surface area contributed by atoms with Gasteiger partial charge in [0.05, 0.1) is 6.61 Å². The Morgan fingerprint density at radius 3 is 2.95 bits per heavy atom. The number of azide groups is 1. The van der Waals surface area contributed by atoms with Crippen molar-refractivity contribution >= 4 is 21.9 Å². The first-order chi connectivity index (χ1) is 10.1. The topological polar surface area (TPSA) is 87.1 Å². The molecule has 0 radical (unpaired) electrons. The van der Waals surface area contributed by atoms with Crippen molar-refractivity contribution in [2.75, 3.05) is 19.7 Å². The van der Waals surface area contributed by atoms with Gasteiger partial charge in [0, 0.05) is 15.9 Å². The van der Waals surface area contributed by atoms with Crippen LogP contribution in [0, 0.1) is 6.92 Å². The van der Waals surface area contributed by atoms with Crippen LogP contribution in [0.1, 0.15) is 30.5 Å². The van der Waals surface area contributed by atoms with Crippen LogP contribution in [0.3, 0.4) is 0 Å². The summed E-state index contributed by atoms with van der Waals surface area (Å²) in [6, 6.07) is 5.28. The molecule has 7 heteroatoms. The Labute approximate surface area is 132 Å². The number of hydrogen-bond donors (Lipinski definition) is 1. The third-order valence-corrected chi connectivity index (χ3v) is 3.52. The van der Waals surface area contributed by atoms with E-state index in [0.717, 1.165) is 15.6 Å². The maximum Gasteiger partial charge on any atom is 0.327 e. The first-order valence-electron chi connectivity index (χ1n) is 6.77. The number of ether oxygens (including phenoxy) is 1. The number of carbonyl (C=O) groups is 1. The van der Waals surface area contributed by atoms with E-state index in [4.69, 9.17) is 10.3 Å². The summed E-state index contributed by atoms with van der Waals surface area (Å²) in [5, 5.41) is 6.62. The van der Waals surface area contributed by atoms with Gasteiger partial charge >= 0.3 is 5.97 Å². The fraction of sp³-hybridized carbons (Fsp3) is 0.500. The van der Waals surface area contributed by atoms with Crippen molar-refractivity contribution in [3.05, 3.63) is 44.2 Å². The lowest BCUT2D eigenvalue weighted by Gasteiger charge is -2.19. The monoisotopic (exact) mass is 354 g/mol. The second-order valence-corrected chi connectivity index (χ2v) is 5.33. The van der Waals surface area contributed by atoms with Crippen molar-refractivity contribution in [3.63, 3.8) is 0 Å². The summed E-state index contributed by atoms with van der Waals surface area (Å²) in [5.41, 5.74) is 10.2. The van der Waals surface area contributed by atoms with E-state index < -0.39 is 6.04 Å². The van der Waals surface area contributed by atoms with Crippen LogP contribution in [0.2, 0.25) is 0 Å². The summed E-state index contributed by atoms with van der Waals surface area (Å²) in [6.45, 7) is 5.05. The van der Waals surface area contributed by atoms with Crippen LogP contribution in [0.4, 0.5) is 0 Å². The van der Waals surface area contributed by atoms with Crippen molar-refractivity contribution in [1.82, 2.24) is 5.32 Å². The molecule has 0 amide bonds. The van der Waals surface area contributed by atoms with Gasteiger partial charge in [0.1, 0.15) is 6.04 Å². The maximum absolute atomic E-state index is 12.1. The van der Waals surface area contributed by atoms with E-state index in [-0.39, 0.29) is 5.97 Å². The summed E-state index contributed by atoms with van der Waals surface area (Å²) in [7, 11) is 0. The highest BCUT2D eigenvalue weighted by Crippen LogP contribution is 2.25. The molecule has 0 aliphatic carbocycles. The molecule has 0 heterocycles. The molecule has 0 spiro atoms. The molecule has 114 valence electrons. The number of hydrogen-bond acceptors (Lipinski definition) is 4. The van der Waals surface area contributed by atoms with E-state index in [1.54, 1.807) is 6.92 Å². The fourth-order valence-corrected chi connectivity index (χ4v) is 2.58. The molecular weight excluding hydrogens is 336 g/mol. The molecule has 0 saturated carbocycles. The molecule has 1 unspecified atom stereocenters. The summed E-state index contributed by atoms with van der Waals surface area (Å²) in [5.74, 6) is -0.314. The molecule has 0 aliphatic rings. The summed E-state index contributed by atoms with van der Waals surface area (Å²) < 4.78 is 5.98. The molecule has 6 nitrogen and oxygen atoms in total. The number of nitrogens with one attached hydrogen (secondary N) is 1. The van der Waals surface area contributed by atoms with Crippen LogP contribution in [0.15, 0.2) is 27.8 Å². The van der Waals surface area contributed by atoms with E-state index >= 15 is 0 Å². The highest BCUT2D eigenvalue weighted by molar-refractivity contribution is 9.10. The number of nitrogens with zero attached hydrogens (tertiary/aromatic N) is 3. The molecule has 1 aromatic rings. The lowest BCUT2D eigenvalue weighted by molar-refractivity contribution is -0.145. The van der Waals surface area contributed by atoms with Crippen LogP contribution < -0.4 is 5.32 Å². The van der Waals surface area contributed by atoms with Crippen LogP contribution in [0.25, 0.3) is 10.4 Å². The molecule has 0 saturated heterocycles. The zero-order chi connectivity index (χ0) is 15.7. The van der Waals surface area contributed by atoms with E-state index in [2.05, 4.69) is 31.3 Å². The normalized spacial score (nSPS) is 11.6. The predicted molar refractivity (Wildman–Crippen MR) is 84.9 cm³/mol. The summed E-state index contributed by atoms with van der Waals surface area (Å²) in [6.07, 6.45) is 0.656. The molecule has 0 fully saturated rings. The van der Waals surface area contributed by atoms with Crippen molar-refractivity contribution in [2.24, 2.45) is 5.11 Å². The van der Waals surface area contributed by atoms with Gasteiger partial charge in [-0.25, -0.2) is 4.79 Å². The van der Waals surface area contributed by atoms with Crippen molar-refractivity contribution in [1.29, 1.82) is 0 Å². The number of rotatable bonds is 8. The summed E-state index contributed by atoms with van der Waals surface area (Å²) >= 11 is 3.49. The summed E-state index contributed by atoms with van der Waals surface area (Å²) in [4.78, 5) is 14.8. The van der Waals surface area contributed by atoms with Crippen LogP contribution in [0.5, 0.6) is 0 Å². The van der Waals surface area contributed by atoms with Gasteiger partial charge in [0.25, 0.3) is 0 Å². The Morgan fingerprint density at radius 1 is 1.57 bits per heavy atom. The van der Waals surface area contributed by atoms with Crippen LogP contribution in [-0.4, -0.2) is 25.7 Å². The third-order valence-electron chi connectivity index (χ3n) is 2.84. The first kappa shape index (κ1) is 17.5. The van der Waals surface area contributed by atoms with Gasteiger partial charge in [0.15, 0.2) is 0 Å². The molecule has 1 N–H and O–H groups in total. The second-order valence-electron chi connectivity index (χ2n) is 4.47. The Kier molecular flexibility index (Phi) is 7.82. The highest BCUT2D eigenvalue weighted by Gasteiger charge is 2.23.